The van der Waals surface area contributed by atoms with Gasteiger partial charge in [-0.15, -0.1) is 0 Å². The van der Waals surface area contributed by atoms with Crippen molar-refractivity contribution in [3.8, 4) is 28.4 Å². The monoisotopic (exact) mass is 602 g/mol. The third kappa shape index (κ3) is 6.42. The van der Waals surface area contributed by atoms with Crippen molar-refractivity contribution in [2.45, 2.75) is 24.8 Å². The van der Waals surface area contributed by atoms with Crippen molar-refractivity contribution in [2.24, 2.45) is 0 Å². The number of halogens is 2. The maximum absolute atomic E-state index is 13.4. The average molecular weight is 604 g/mol. The van der Waals surface area contributed by atoms with Gasteiger partial charge in [0.2, 0.25) is 21.9 Å². The van der Waals surface area contributed by atoms with E-state index in [1.807, 2.05) is 12.1 Å². The zero-order chi connectivity index (χ0) is 29.0. The first-order chi connectivity index (χ1) is 19.0. The second-order valence-corrected chi connectivity index (χ2v) is 11.8. The molecule has 0 aliphatic rings. The molecule has 3 aromatic carbocycles. The van der Waals surface area contributed by atoms with E-state index < -0.39 is 28.5 Å². The lowest BCUT2D eigenvalue weighted by molar-refractivity contribution is -0.116. The number of anilines is 1. The van der Waals surface area contributed by atoms with E-state index in [1.54, 1.807) is 54.9 Å². The van der Waals surface area contributed by atoms with E-state index in [2.05, 4.69) is 10.3 Å². The molecule has 4 aromatic rings. The number of nitrogens with one attached hydrogen (secondary N) is 1. The minimum Gasteiger partial charge on any atom is -0.493 e. The highest BCUT2D eigenvalue weighted by atomic mass is 35.5. The maximum Gasteiger partial charge on any atom is 0.243 e. The molecule has 1 N–H and O–H groups in total. The van der Waals surface area contributed by atoms with Crippen molar-refractivity contribution >= 4 is 45.1 Å². The maximum atomic E-state index is 13.4. The molecule has 0 aliphatic heterocycles. The highest BCUT2D eigenvalue weighted by Crippen LogP contribution is 2.32. The molecule has 1 amide bonds. The summed E-state index contributed by atoms with van der Waals surface area (Å²) in [5.41, 5.74) is 1.97. The fourth-order valence-electron chi connectivity index (χ4n) is 3.99. The lowest BCUT2D eigenvalue weighted by Gasteiger charge is -2.25. The van der Waals surface area contributed by atoms with E-state index in [9.17, 15) is 13.2 Å². The first-order valence-electron chi connectivity index (χ1n) is 12.2. The van der Waals surface area contributed by atoms with E-state index in [0.717, 1.165) is 9.87 Å². The highest BCUT2D eigenvalue weighted by molar-refractivity contribution is 7.89. The Labute approximate surface area is 243 Å². The van der Waals surface area contributed by atoms with Gasteiger partial charge in [-0.05, 0) is 62.4 Å². The Bertz CT molecular complexity index is 1600. The number of hydrogen-bond acceptors (Lipinski definition) is 6. The number of ether oxygens (including phenoxy) is 2. The lowest BCUT2D eigenvalue weighted by Crippen LogP contribution is -2.42. The minimum absolute atomic E-state index is 0.0373. The molecule has 0 spiro atoms. The third-order valence-electron chi connectivity index (χ3n) is 6.04. The summed E-state index contributed by atoms with van der Waals surface area (Å²) in [6, 6.07) is 17.7. The zero-order valence-corrected chi connectivity index (χ0v) is 24.6. The third-order valence-corrected chi connectivity index (χ3v) is 8.58. The molecule has 1 aromatic heterocycles. The van der Waals surface area contributed by atoms with E-state index in [-0.39, 0.29) is 10.8 Å². The number of nitrogens with zero attached hydrogens (tertiary/aromatic N) is 3. The van der Waals surface area contributed by atoms with E-state index in [0.29, 0.717) is 32.9 Å². The first-order valence-corrected chi connectivity index (χ1v) is 14.4. The molecular weight excluding hydrogens is 575 g/mol. The molecule has 0 aliphatic carbocycles. The van der Waals surface area contributed by atoms with Gasteiger partial charge >= 0.3 is 0 Å². The van der Waals surface area contributed by atoms with Crippen LogP contribution in [0.15, 0.2) is 77.8 Å². The molecule has 12 heteroatoms. The summed E-state index contributed by atoms with van der Waals surface area (Å²) in [5, 5.41) is 3.77. The molecule has 0 saturated carbocycles. The van der Waals surface area contributed by atoms with Crippen LogP contribution in [0, 0.1) is 0 Å². The van der Waals surface area contributed by atoms with Gasteiger partial charge in [0, 0.05) is 33.9 Å². The van der Waals surface area contributed by atoms with E-state index >= 15 is 0 Å². The van der Waals surface area contributed by atoms with Crippen molar-refractivity contribution in [1.82, 2.24) is 13.9 Å². The summed E-state index contributed by atoms with van der Waals surface area (Å²) in [6.45, 7) is 2.96. The second kappa shape index (κ2) is 12.3. The topological polar surface area (TPSA) is 103 Å². The number of benzene rings is 3. The van der Waals surface area contributed by atoms with Crippen LogP contribution in [0.2, 0.25) is 10.0 Å². The molecule has 0 fully saturated rings. The quantitative estimate of drug-likeness (QED) is 0.242. The van der Waals surface area contributed by atoms with Crippen LogP contribution < -0.4 is 14.8 Å². The van der Waals surface area contributed by atoms with Crippen LogP contribution in [-0.4, -0.2) is 55.0 Å². The van der Waals surface area contributed by atoms with Gasteiger partial charge in [0.15, 0.2) is 11.5 Å². The van der Waals surface area contributed by atoms with Crippen LogP contribution in [0.5, 0.6) is 11.5 Å². The number of sulfonamides is 1. The second-order valence-electron chi connectivity index (χ2n) is 9.01. The van der Waals surface area contributed by atoms with Gasteiger partial charge in [0.25, 0.3) is 0 Å². The van der Waals surface area contributed by atoms with Crippen molar-refractivity contribution in [3.05, 3.63) is 83.0 Å². The van der Waals surface area contributed by atoms with Crippen LogP contribution >= 0.6 is 23.2 Å². The normalized spacial score (nSPS) is 11.6. The van der Waals surface area contributed by atoms with Gasteiger partial charge in [0.05, 0.1) is 37.0 Å². The van der Waals surface area contributed by atoms with Gasteiger partial charge in [-0.2, -0.15) is 4.31 Å². The first kappa shape index (κ1) is 29.4. The molecule has 4 rings (SSSR count). The van der Waals surface area contributed by atoms with Crippen LogP contribution in [-0.2, 0) is 14.8 Å². The lowest BCUT2D eigenvalue weighted by atomic mass is 10.2. The number of methoxy groups -OCH3 is 2. The van der Waals surface area contributed by atoms with Gasteiger partial charge in [0.1, 0.15) is 0 Å². The van der Waals surface area contributed by atoms with Crippen molar-refractivity contribution < 1.29 is 22.7 Å². The fraction of sp³-hybridized carbons (Fsp3) is 0.214. The van der Waals surface area contributed by atoms with Crippen LogP contribution in [0.25, 0.3) is 16.9 Å². The van der Waals surface area contributed by atoms with Gasteiger partial charge in [-0.3, -0.25) is 14.7 Å². The molecule has 0 atom stereocenters. The SMILES string of the molecule is COc1ccc(-n2cc(-c3ccc(Cl)cc3)nc2NC(=O)CN(C(C)C)S(=O)(=O)c2ccc(Cl)cc2)cc1OC. The zero-order valence-electron chi connectivity index (χ0n) is 22.3. The number of carbonyl (C=O) groups is 1. The number of imidazole rings is 1. The largest absolute Gasteiger partial charge is 0.493 e. The molecule has 9 nitrogen and oxygen atoms in total. The number of amides is 1. The minimum atomic E-state index is -3.98. The summed E-state index contributed by atoms with van der Waals surface area (Å²) >= 11 is 12.0. The number of rotatable bonds is 10. The predicted octanol–water partition coefficient (Wildman–Crippen LogP) is 5.90. The molecule has 1 heterocycles. The summed E-state index contributed by atoms with van der Waals surface area (Å²) in [6.07, 6.45) is 1.75. The van der Waals surface area contributed by atoms with Gasteiger partial charge in [-0.25, -0.2) is 13.4 Å². The Kier molecular flexibility index (Phi) is 9.05. The van der Waals surface area contributed by atoms with Crippen LogP contribution in [0.4, 0.5) is 5.95 Å². The van der Waals surface area contributed by atoms with Crippen LogP contribution in [0.3, 0.4) is 0 Å². The molecule has 0 unspecified atom stereocenters. The number of hydrogen-bond donors (Lipinski definition) is 1. The Hall–Kier alpha value is -3.57. The molecule has 0 radical (unpaired) electrons. The van der Waals surface area contributed by atoms with Crippen molar-refractivity contribution in [2.75, 3.05) is 26.1 Å². The Morgan fingerprint density at radius 3 is 2.12 bits per heavy atom. The highest BCUT2D eigenvalue weighted by Gasteiger charge is 2.29. The molecule has 40 heavy (non-hydrogen) atoms. The summed E-state index contributed by atoms with van der Waals surface area (Å²) in [5.74, 6) is 0.643. The van der Waals surface area contributed by atoms with E-state index in [4.69, 9.17) is 32.7 Å². The van der Waals surface area contributed by atoms with Gasteiger partial charge in [-0.1, -0.05) is 35.3 Å². The number of aromatic nitrogens is 2. The van der Waals surface area contributed by atoms with E-state index in [1.165, 1.54) is 38.5 Å². The Balaban J connectivity index is 1.69. The predicted molar refractivity (Wildman–Crippen MR) is 156 cm³/mol. The van der Waals surface area contributed by atoms with Gasteiger partial charge < -0.3 is 9.47 Å². The standard InChI is InChI=1S/C28H28Cl2N4O5S/c1-18(2)34(40(36,37)23-12-9-21(30)10-13-23)17-27(35)32-28-31-24(19-5-7-20(29)8-6-19)16-33(28)22-11-14-25(38-3)26(15-22)39-4/h5-16,18H,17H2,1-4H3,(H,31,32,35). The fourth-order valence-corrected chi connectivity index (χ4v) is 5.84. The molecular formula is C28H28Cl2N4O5S. The summed E-state index contributed by atoms with van der Waals surface area (Å²) in [7, 11) is -0.915. The Morgan fingerprint density at radius 2 is 1.55 bits per heavy atom. The summed E-state index contributed by atoms with van der Waals surface area (Å²) < 4.78 is 40.3. The van der Waals surface area contributed by atoms with Crippen molar-refractivity contribution in [1.29, 1.82) is 0 Å². The Morgan fingerprint density at radius 1 is 0.950 bits per heavy atom. The smallest absolute Gasteiger partial charge is 0.243 e. The molecule has 210 valence electrons. The molecule has 0 saturated heterocycles. The summed E-state index contributed by atoms with van der Waals surface area (Å²) in [4.78, 5) is 18.0. The molecule has 0 bridgehead atoms. The average Bonchev–Trinajstić information content (AvgIpc) is 3.35. The number of carbonyl (C=O) groups excluding carboxylic acids is 1. The van der Waals surface area contributed by atoms with Crippen LogP contribution in [0.1, 0.15) is 13.8 Å². The van der Waals surface area contributed by atoms with Crippen molar-refractivity contribution in [3.63, 3.8) is 0 Å².